The molecule has 2 heteroatoms. The fraction of sp³-hybridized carbons (Fsp3) is 0.333. The lowest BCUT2D eigenvalue weighted by molar-refractivity contribution is 0.343. The third kappa shape index (κ3) is 1.40. The minimum Gasteiger partial charge on any atom is -0.492 e. The van der Waals surface area contributed by atoms with E-state index >= 15 is 0 Å². The van der Waals surface area contributed by atoms with Crippen LogP contribution in [-0.4, -0.2) is 6.61 Å². The van der Waals surface area contributed by atoms with Crippen molar-refractivity contribution >= 4 is 21.4 Å². The van der Waals surface area contributed by atoms with Gasteiger partial charge in [0.1, 0.15) is 5.75 Å². The summed E-state index contributed by atoms with van der Waals surface area (Å²) in [7, 11) is 0. The molecule has 1 aromatic carbocycles. The van der Waals surface area contributed by atoms with E-state index in [4.69, 9.17) is 4.74 Å². The molecule has 0 fully saturated rings. The second kappa shape index (κ2) is 3.62. The molecule has 0 saturated carbocycles. The minimum atomic E-state index is 0.737. The van der Waals surface area contributed by atoms with Crippen LogP contribution in [0.15, 0.2) is 18.2 Å². The number of hydrogen-bond donors (Lipinski definition) is 0. The first kappa shape index (κ1) is 9.53. The van der Waals surface area contributed by atoms with Gasteiger partial charge >= 0.3 is 0 Å². The van der Waals surface area contributed by atoms with Crippen LogP contribution in [0, 0.1) is 13.8 Å². The summed E-state index contributed by atoms with van der Waals surface area (Å²) < 4.78 is 7.01. The summed E-state index contributed by atoms with van der Waals surface area (Å²) in [6.07, 6.45) is 0. The monoisotopic (exact) mass is 206 g/mol. The maximum atomic E-state index is 5.68. The molecule has 2 aromatic rings. The molecule has 0 amide bonds. The largest absolute Gasteiger partial charge is 0.492 e. The fourth-order valence-electron chi connectivity index (χ4n) is 1.72. The van der Waals surface area contributed by atoms with Gasteiger partial charge in [-0.25, -0.2) is 0 Å². The van der Waals surface area contributed by atoms with Gasteiger partial charge in [0, 0.05) is 15.0 Å². The number of benzene rings is 1. The van der Waals surface area contributed by atoms with E-state index in [1.54, 1.807) is 0 Å². The summed E-state index contributed by atoms with van der Waals surface area (Å²) in [4.78, 5) is 1.27. The van der Waals surface area contributed by atoms with Gasteiger partial charge in [-0.1, -0.05) is 12.1 Å². The van der Waals surface area contributed by atoms with Gasteiger partial charge < -0.3 is 4.74 Å². The zero-order valence-electron chi connectivity index (χ0n) is 8.76. The summed E-state index contributed by atoms with van der Waals surface area (Å²) in [5, 5.41) is 1.29. The van der Waals surface area contributed by atoms with Crippen molar-refractivity contribution < 1.29 is 4.74 Å². The number of aryl methyl sites for hydroxylation is 2. The van der Waals surface area contributed by atoms with Crippen LogP contribution in [0.3, 0.4) is 0 Å². The molecule has 0 unspecified atom stereocenters. The highest BCUT2D eigenvalue weighted by Gasteiger charge is 2.11. The van der Waals surface area contributed by atoms with Gasteiger partial charge in [0.2, 0.25) is 0 Å². The molecule has 0 atom stereocenters. The Morgan fingerprint density at radius 2 is 2.07 bits per heavy atom. The Bertz CT molecular complexity index is 457. The van der Waals surface area contributed by atoms with Crippen molar-refractivity contribution in [1.82, 2.24) is 0 Å². The Morgan fingerprint density at radius 3 is 2.79 bits per heavy atom. The molecule has 0 spiro atoms. The third-order valence-corrected chi connectivity index (χ3v) is 3.38. The van der Waals surface area contributed by atoms with Crippen molar-refractivity contribution in [3.05, 3.63) is 28.6 Å². The second-order valence-electron chi connectivity index (χ2n) is 3.37. The Labute approximate surface area is 88.3 Å². The smallest absolute Gasteiger partial charge is 0.140 e. The van der Waals surface area contributed by atoms with Crippen molar-refractivity contribution in [2.45, 2.75) is 20.8 Å². The molecule has 0 bridgehead atoms. The molecular formula is C12H14OS. The summed E-state index contributed by atoms with van der Waals surface area (Å²) in [5.74, 6) is 1.07. The predicted octanol–water partition coefficient (Wildman–Crippen LogP) is 3.92. The van der Waals surface area contributed by atoms with Crippen molar-refractivity contribution in [2.75, 3.05) is 6.61 Å². The van der Waals surface area contributed by atoms with Crippen LogP contribution in [0.2, 0.25) is 0 Å². The third-order valence-electron chi connectivity index (χ3n) is 2.33. The van der Waals surface area contributed by atoms with E-state index in [2.05, 4.69) is 32.0 Å². The van der Waals surface area contributed by atoms with Crippen molar-refractivity contribution in [3.63, 3.8) is 0 Å². The van der Waals surface area contributed by atoms with Crippen LogP contribution >= 0.6 is 11.3 Å². The SMILES string of the molecule is CCOc1c(C)sc2cccc(C)c12. The number of hydrogen-bond acceptors (Lipinski definition) is 2. The highest BCUT2D eigenvalue weighted by atomic mass is 32.1. The average Bonchev–Trinajstić information content (AvgIpc) is 2.45. The normalized spacial score (nSPS) is 10.8. The van der Waals surface area contributed by atoms with E-state index in [9.17, 15) is 0 Å². The molecule has 0 N–H and O–H groups in total. The predicted molar refractivity (Wildman–Crippen MR) is 62.5 cm³/mol. The molecule has 74 valence electrons. The van der Waals surface area contributed by atoms with E-state index in [1.165, 1.54) is 20.5 Å². The number of ether oxygens (including phenoxy) is 1. The van der Waals surface area contributed by atoms with Crippen LogP contribution in [0.1, 0.15) is 17.4 Å². The van der Waals surface area contributed by atoms with E-state index in [-0.39, 0.29) is 0 Å². The Kier molecular flexibility index (Phi) is 2.46. The Balaban J connectivity index is 2.73. The van der Waals surface area contributed by atoms with Crippen LogP contribution in [-0.2, 0) is 0 Å². The summed E-state index contributed by atoms with van der Waals surface area (Å²) in [6, 6.07) is 6.39. The van der Waals surface area contributed by atoms with Crippen LogP contribution in [0.4, 0.5) is 0 Å². The van der Waals surface area contributed by atoms with Gasteiger partial charge in [0.15, 0.2) is 0 Å². The lowest BCUT2D eigenvalue weighted by Crippen LogP contribution is -1.92. The highest BCUT2D eigenvalue weighted by molar-refractivity contribution is 7.19. The minimum absolute atomic E-state index is 0.737. The lowest BCUT2D eigenvalue weighted by Gasteiger charge is -2.04. The molecule has 14 heavy (non-hydrogen) atoms. The van der Waals surface area contributed by atoms with E-state index in [0.29, 0.717) is 0 Å². The molecule has 0 aliphatic heterocycles. The van der Waals surface area contributed by atoms with Gasteiger partial charge in [-0.2, -0.15) is 0 Å². The van der Waals surface area contributed by atoms with Crippen molar-refractivity contribution in [3.8, 4) is 5.75 Å². The first-order chi connectivity index (χ1) is 6.74. The molecule has 0 aliphatic carbocycles. The molecule has 0 saturated heterocycles. The molecular weight excluding hydrogens is 192 g/mol. The quantitative estimate of drug-likeness (QED) is 0.723. The van der Waals surface area contributed by atoms with Gasteiger partial charge in [0.25, 0.3) is 0 Å². The summed E-state index contributed by atoms with van der Waals surface area (Å²) >= 11 is 1.81. The second-order valence-corrected chi connectivity index (χ2v) is 4.62. The van der Waals surface area contributed by atoms with Gasteiger partial charge in [0.05, 0.1) is 6.61 Å². The highest BCUT2D eigenvalue weighted by Crippen LogP contribution is 2.38. The molecule has 1 aromatic heterocycles. The number of fused-ring (bicyclic) bond motifs is 1. The summed E-state index contributed by atoms with van der Waals surface area (Å²) in [5.41, 5.74) is 1.30. The number of thiophene rings is 1. The van der Waals surface area contributed by atoms with E-state index in [1.807, 2.05) is 18.3 Å². The average molecular weight is 206 g/mol. The van der Waals surface area contributed by atoms with Gasteiger partial charge in [-0.05, 0) is 32.4 Å². The Hall–Kier alpha value is -1.02. The first-order valence-corrected chi connectivity index (χ1v) is 5.67. The summed E-state index contributed by atoms with van der Waals surface area (Å²) in [6.45, 7) is 7.02. The molecule has 1 heterocycles. The maximum Gasteiger partial charge on any atom is 0.140 e. The van der Waals surface area contributed by atoms with E-state index in [0.717, 1.165) is 12.4 Å². The molecule has 2 rings (SSSR count). The molecule has 1 nitrogen and oxygen atoms in total. The zero-order chi connectivity index (χ0) is 10.1. The van der Waals surface area contributed by atoms with Gasteiger partial charge in [-0.3, -0.25) is 0 Å². The van der Waals surface area contributed by atoms with Crippen LogP contribution in [0.5, 0.6) is 5.75 Å². The number of rotatable bonds is 2. The standard InChI is InChI=1S/C12H14OS/c1-4-13-12-9(3)14-10-7-5-6-8(2)11(10)12/h5-7H,4H2,1-3H3. The fourth-order valence-corrected chi connectivity index (χ4v) is 2.81. The zero-order valence-corrected chi connectivity index (χ0v) is 9.57. The topological polar surface area (TPSA) is 9.23 Å². The Morgan fingerprint density at radius 1 is 1.29 bits per heavy atom. The maximum absolute atomic E-state index is 5.68. The van der Waals surface area contributed by atoms with Crippen LogP contribution in [0.25, 0.3) is 10.1 Å². The first-order valence-electron chi connectivity index (χ1n) is 4.85. The van der Waals surface area contributed by atoms with Crippen molar-refractivity contribution in [1.29, 1.82) is 0 Å². The molecule has 0 aliphatic rings. The van der Waals surface area contributed by atoms with Gasteiger partial charge in [-0.15, -0.1) is 11.3 Å². The molecule has 0 radical (unpaired) electrons. The van der Waals surface area contributed by atoms with Crippen LogP contribution < -0.4 is 4.74 Å². The van der Waals surface area contributed by atoms with Crippen molar-refractivity contribution in [2.24, 2.45) is 0 Å². The van der Waals surface area contributed by atoms with E-state index < -0.39 is 0 Å². The lowest BCUT2D eigenvalue weighted by atomic mass is 10.1.